The number of nitrogens with zero attached hydrogens (tertiary/aromatic N) is 2. The number of likely N-dealkylation sites (tertiary alicyclic amines) is 1. The van der Waals surface area contributed by atoms with Crippen molar-refractivity contribution in [1.82, 2.24) is 4.90 Å². The Kier molecular flexibility index (Phi) is 6.41. The Hall–Kier alpha value is -2.74. The Bertz CT molecular complexity index is 856. The Morgan fingerprint density at radius 3 is 2.54 bits per heavy atom. The maximum Gasteiger partial charge on any atom is 0.269 e. The molecule has 0 spiro atoms. The van der Waals surface area contributed by atoms with Gasteiger partial charge in [0.05, 0.1) is 30.9 Å². The van der Waals surface area contributed by atoms with Crippen molar-refractivity contribution in [2.75, 3.05) is 26.5 Å². The number of hydrogen-bond acceptors (Lipinski definition) is 6. The lowest BCUT2D eigenvalue weighted by atomic mass is 10.0. The fourth-order valence-corrected chi connectivity index (χ4v) is 4.15. The highest BCUT2D eigenvalue weighted by atomic mass is 32.2. The van der Waals surface area contributed by atoms with Crippen molar-refractivity contribution >= 4 is 23.4 Å². The molecule has 1 unspecified atom stereocenters. The SMILES string of the molecule is COc1ccc(C2CCCN2C(=O)CSc2ccc([N+](=O)[O-])cc2)cc1OC. The third-order valence-corrected chi connectivity index (χ3v) is 5.77. The van der Waals surface area contributed by atoms with Crippen LogP contribution in [0.15, 0.2) is 47.4 Å². The minimum atomic E-state index is -0.433. The molecular formula is C20H22N2O5S. The van der Waals surface area contributed by atoms with Gasteiger partial charge in [0.1, 0.15) is 0 Å². The molecule has 148 valence electrons. The number of benzene rings is 2. The summed E-state index contributed by atoms with van der Waals surface area (Å²) in [4.78, 5) is 25.8. The van der Waals surface area contributed by atoms with E-state index >= 15 is 0 Å². The highest BCUT2D eigenvalue weighted by Crippen LogP contribution is 2.37. The lowest BCUT2D eigenvalue weighted by molar-refractivity contribution is -0.384. The molecule has 0 bridgehead atoms. The average molecular weight is 402 g/mol. The van der Waals surface area contributed by atoms with E-state index < -0.39 is 4.92 Å². The van der Waals surface area contributed by atoms with E-state index in [9.17, 15) is 14.9 Å². The van der Waals surface area contributed by atoms with Gasteiger partial charge in [-0.2, -0.15) is 0 Å². The molecular weight excluding hydrogens is 380 g/mol. The predicted molar refractivity (Wildman–Crippen MR) is 107 cm³/mol. The fraction of sp³-hybridized carbons (Fsp3) is 0.350. The number of nitro groups is 1. The molecule has 1 saturated heterocycles. The van der Waals surface area contributed by atoms with Gasteiger partial charge in [-0.05, 0) is 42.7 Å². The number of carbonyl (C=O) groups excluding carboxylic acids is 1. The lowest BCUT2D eigenvalue weighted by Crippen LogP contribution is -2.32. The average Bonchev–Trinajstić information content (AvgIpc) is 3.21. The molecule has 2 aromatic carbocycles. The van der Waals surface area contributed by atoms with Crippen molar-refractivity contribution in [3.63, 3.8) is 0 Å². The van der Waals surface area contributed by atoms with E-state index in [1.54, 1.807) is 26.4 Å². The zero-order chi connectivity index (χ0) is 20.1. The molecule has 2 aromatic rings. The second-order valence-electron chi connectivity index (χ2n) is 6.40. The van der Waals surface area contributed by atoms with Crippen LogP contribution < -0.4 is 9.47 Å². The number of carbonyl (C=O) groups is 1. The van der Waals surface area contributed by atoms with E-state index in [4.69, 9.17) is 9.47 Å². The first-order valence-electron chi connectivity index (χ1n) is 8.92. The van der Waals surface area contributed by atoms with Crippen LogP contribution in [0.4, 0.5) is 5.69 Å². The summed E-state index contributed by atoms with van der Waals surface area (Å²) in [5.41, 5.74) is 1.08. The van der Waals surface area contributed by atoms with Crippen molar-refractivity contribution in [3.05, 3.63) is 58.1 Å². The maximum atomic E-state index is 12.8. The molecule has 8 heteroatoms. The molecule has 28 heavy (non-hydrogen) atoms. The van der Waals surface area contributed by atoms with E-state index in [0.717, 1.165) is 29.8 Å². The fourth-order valence-electron chi connectivity index (χ4n) is 3.36. The maximum absolute atomic E-state index is 12.8. The number of ether oxygens (including phenoxy) is 2. The van der Waals surface area contributed by atoms with Crippen LogP contribution in [0.25, 0.3) is 0 Å². The Morgan fingerprint density at radius 1 is 1.18 bits per heavy atom. The normalized spacial score (nSPS) is 16.1. The third kappa shape index (κ3) is 4.39. The molecule has 1 atom stereocenters. The van der Waals surface area contributed by atoms with Crippen molar-refractivity contribution in [2.45, 2.75) is 23.8 Å². The zero-order valence-corrected chi connectivity index (χ0v) is 16.6. The van der Waals surface area contributed by atoms with Crippen molar-refractivity contribution in [3.8, 4) is 11.5 Å². The molecule has 7 nitrogen and oxygen atoms in total. The highest BCUT2D eigenvalue weighted by Gasteiger charge is 2.30. The van der Waals surface area contributed by atoms with Crippen LogP contribution in [0.2, 0.25) is 0 Å². The van der Waals surface area contributed by atoms with Crippen LogP contribution in [-0.4, -0.2) is 42.2 Å². The molecule has 0 aliphatic carbocycles. The van der Waals surface area contributed by atoms with Crippen molar-refractivity contribution in [1.29, 1.82) is 0 Å². The van der Waals surface area contributed by atoms with Crippen LogP contribution in [0.5, 0.6) is 11.5 Å². The molecule has 0 saturated carbocycles. The summed E-state index contributed by atoms with van der Waals surface area (Å²) in [6, 6.07) is 12.0. The van der Waals surface area contributed by atoms with Gasteiger partial charge in [-0.1, -0.05) is 6.07 Å². The van der Waals surface area contributed by atoms with E-state index in [1.165, 1.54) is 23.9 Å². The van der Waals surface area contributed by atoms with Crippen LogP contribution >= 0.6 is 11.8 Å². The molecule has 0 radical (unpaired) electrons. The molecule has 1 amide bonds. The van der Waals surface area contributed by atoms with Crippen LogP contribution in [0.1, 0.15) is 24.4 Å². The summed E-state index contributed by atoms with van der Waals surface area (Å²) in [6.45, 7) is 0.721. The Labute approximate surface area is 167 Å². The number of thioether (sulfide) groups is 1. The minimum Gasteiger partial charge on any atom is -0.493 e. The number of hydrogen-bond donors (Lipinski definition) is 0. The van der Waals surface area contributed by atoms with Gasteiger partial charge in [-0.25, -0.2) is 0 Å². The first-order valence-corrected chi connectivity index (χ1v) is 9.90. The summed E-state index contributed by atoms with van der Waals surface area (Å²) in [7, 11) is 3.19. The van der Waals surface area contributed by atoms with Gasteiger partial charge in [0.25, 0.3) is 5.69 Å². The van der Waals surface area contributed by atoms with E-state index in [0.29, 0.717) is 17.3 Å². The summed E-state index contributed by atoms with van der Waals surface area (Å²) in [6.07, 6.45) is 1.86. The summed E-state index contributed by atoms with van der Waals surface area (Å²) in [5.74, 6) is 1.66. The van der Waals surface area contributed by atoms with E-state index in [2.05, 4.69) is 0 Å². The summed E-state index contributed by atoms with van der Waals surface area (Å²) in [5, 5.41) is 10.7. The molecule has 1 aliphatic heterocycles. The number of nitro benzene ring substituents is 1. The van der Waals surface area contributed by atoms with Gasteiger partial charge >= 0.3 is 0 Å². The first kappa shape index (κ1) is 20.0. The summed E-state index contributed by atoms with van der Waals surface area (Å²) >= 11 is 1.39. The monoisotopic (exact) mass is 402 g/mol. The molecule has 1 aliphatic rings. The second kappa shape index (κ2) is 8.97. The van der Waals surface area contributed by atoms with Gasteiger partial charge in [0.2, 0.25) is 5.91 Å². The molecule has 1 heterocycles. The molecule has 0 aromatic heterocycles. The van der Waals surface area contributed by atoms with E-state index in [-0.39, 0.29) is 17.6 Å². The van der Waals surface area contributed by atoms with Crippen LogP contribution in [-0.2, 0) is 4.79 Å². The lowest BCUT2D eigenvalue weighted by Gasteiger charge is -2.25. The second-order valence-corrected chi connectivity index (χ2v) is 7.45. The quantitative estimate of drug-likeness (QED) is 0.394. The molecule has 0 N–H and O–H groups in total. The van der Waals surface area contributed by atoms with Gasteiger partial charge in [-0.3, -0.25) is 14.9 Å². The van der Waals surface area contributed by atoms with Gasteiger partial charge < -0.3 is 14.4 Å². The predicted octanol–water partition coefficient (Wildman–Crippen LogP) is 4.07. The standard InChI is InChI=1S/C20H22N2O5S/c1-26-18-10-5-14(12-19(18)27-2)17-4-3-11-21(17)20(23)13-28-16-8-6-15(7-9-16)22(24)25/h5-10,12,17H,3-4,11,13H2,1-2H3. The Balaban J connectivity index is 1.66. The minimum absolute atomic E-state index is 0.0183. The van der Waals surface area contributed by atoms with Gasteiger partial charge in [-0.15, -0.1) is 11.8 Å². The first-order chi connectivity index (χ1) is 13.5. The van der Waals surface area contributed by atoms with Crippen LogP contribution in [0, 0.1) is 10.1 Å². The number of non-ortho nitro benzene ring substituents is 1. The number of rotatable bonds is 7. The van der Waals surface area contributed by atoms with Gasteiger partial charge in [0, 0.05) is 23.6 Å². The number of amides is 1. The largest absolute Gasteiger partial charge is 0.493 e. The zero-order valence-electron chi connectivity index (χ0n) is 15.8. The van der Waals surface area contributed by atoms with E-state index in [1.807, 2.05) is 23.1 Å². The Morgan fingerprint density at radius 2 is 1.89 bits per heavy atom. The van der Waals surface area contributed by atoms with Crippen molar-refractivity contribution in [2.24, 2.45) is 0 Å². The molecule has 3 rings (SSSR count). The number of methoxy groups -OCH3 is 2. The summed E-state index contributed by atoms with van der Waals surface area (Å²) < 4.78 is 10.7. The van der Waals surface area contributed by atoms with Crippen LogP contribution in [0.3, 0.4) is 0 Å². The highest BCUT2D eigenvalue weighted by molar-refractivity contribution is 8.00. The smallest absolute Gasteiger partial charge is 0.269 e. The van der Waals surface area contributed by atoms with Gasteiger partial charge in [0.15, 0.2) is 11.5 Å². The van der Waals surface area contributed by atoms with Crippen molar-refractivity contribution < 1.29 is 19.2 Å². The molecule has 1 fully saturated rings. The third-order valence-electron chi connectivity index (χ3n) is 4.78. The topological polar surface area (TPSA) is 81.9 Å².